The van der Waals surface area contributed by atoms with Gasteiger partial charge in [-0.25, -0.2) is 0 Å². The monoisotopic (exact) mass is 426 g/mol. The molecule has 0 aromatic heterocycles. The molecule has 1 atom stereocenters. The van der Waals surface area contributed by atoms with E-state index in [9.17, 15) is 9.59 Å². The zero-order chi connectivity index (χ0) is 22.7. The van der Waals surface area contributed by atoms with Crippen LogP contribution >= 0.6 is 0 Å². The van der Waals surface area contributed by atoms with Crippen LogP contribution in [0.4, 0.5) is 0 Å². The van der Waals surface area contributed by atoms with Gasteiger partial charge in [-0.15, -0.1) is 0 Å². The number of ether oxygens (including phenoxy) is 2. The molecule has 178 valence electrons. The van der Waals surface area contributed by atoms with Crippen molar-refractivity contribution in [3.8, 4) is 0 Å². The van der Waals surface area contributed by atoms with Gasteiger partial charge in [-0.2, -0.15) is 0 Å². The number of carbonyl (C=O) groups excluding carboxylic acids is 2. The maximum atomic E-state index is 11.8. The topological polar surface area (TPSA) is 52.6 Å². The van der Waals surface area contributed by atoms with Gasteiger partial charge in [-0.1, -0.05) is 105 Å². The predicted molar refractivity (Wildman–Crippen MR) is 126 cm³/mol. The molecule has 0 fully saturated rings. The first-order valence-corrected chi connectivity index (χ1v) is 12.6. The Kier molecular flexibility index (Phi) is 18.0. The van der Waals surface area contributed by atoms with Crippen molar-refractivity contribution in [1.82, 2.24) is 0 Å². The average molecular weight is 427 g/mol. The highest BCUT2D eigenvalue weighted by Crippen LogP contribution is 2.22. The van der Waals surface area contributed by atoms with E-state index >= 15 is 0 Å². The maximum absolute atomic E-state index is 11.8. The number of carbonyl (C=O) groups is 2. The zero-order valence-corrected chi connectivity index (χ0v) is 20.7. The minimum atomic E-state index is -0.235. The van der Waals surface area contributed by atoms with Crippen LogP contribution in [0.2, 0.25) is 0 Å². The minimum absolute atomic E-state index is 0.0670. The molecule has 0 spiro atoms. The van der Waals surface area contributed by atoms with Crippen LogP contribution < -0.4 is 0 Å². The Balaban J connectivity index is 3.39. The van der Waals surface area contributed by atoms with Gasteiger partial charge in [0.1, 0.15) is 6.10 Å². The summed E-state index contributed by atoms with van der Waals surface area (Å²) in [5, 5.41) is 0. The molecule has 0 saturated heterocycles. The zero-order valence-electron chi connectivity index (χ0n) is 20.7. The molecule has 0 amide bonds. The summed E-state index contributed by atoms with van der Waals surface area (Å²) in [6.07, 6.45) is 17.9. The average Bonchev–Trinajstić information content (AvgIpc) is 2.67. The third-order valence-corrected chi connectivity index (χ3v) is 5.80. The number of hydrogen-bond donors (Lipinski definition) is 0. The van der Waals surface area contributed by atoms with Gasteiger partial charge in [-0.05, 0) is 25.2 Å². The highest BCUT2D eigenvalue weighted by molar-refractivity contribution is 5.72. The number of rotatable bonds is 19. The Morgan fingerprint density at radius 2 is 1.10 bits per heavy atom. The van der Waals surface area contributed by atoms with E-state index in [2.05, 4.69) is 6.92 Å². The Hall–Kier alpha value is -1.06. The summed E-state index contributed by atoms with van der Waals surface area (Å²) in [4.78, 5) is 23.6. The van der Waals surface area contributed by atoms with Gasteiger partial charge in [-0.3, -0.25) is 9.59 Å². The van der Waals surface area contributed by atoms with Crippen LogP contribution in [0.25, 0.3) is 0 Å². The Labute approximate surface area is 186 Å². The van der Waals surface area contributed by atoms with E-state index in [1.54, 1.807) is 0 Å². The molecule has 1 unspecified atom stereocenters. The molecule has 0 heterocycles. The van der Waals surface area contributed by atoms with Crippen LogP contribution in [0.15, 0.2) is 0 Å². The molecule has 0 rings (SSSR count). The summed E-state index contributed by atoms with van der Waals surface area (Å²) in [6.45, 7) is 10.8. The Bertz CT molecular complexity index is 425. The van der Waals surface area contributed by atoms with Crippen LogP contribution in [-0.4, -0.2) is 24.6 Å². The summed E-state index contributed by atoms with van der Waals surface area (Å²) in [7, 11) is 0. The van der Waals surface area contributed by atoms with E-state index in [-0.39, 0.29) is 36.3 Å². The van der Waals surface area contributed by atoms with Crippen molar-refractivity contribution in [2.75, 3.05) is 6.61 Å². The molecule has 0 bridgehead atoms. The third kappa shape index (κ3) is 18.9. The lowest BCUT2D eigenvalue weighted by Gasteiger charge is -2.26. The molecule has 0 aliphatic carbocycles. The van der Waals surface area contributed by atoms with Gasteiger partial charge in [0.15, 0.2) is 0 Å². The van der Waals surface area contributed by atoms with Gasteiger partial charge in [0.2, 0.25) is 0 Å². The number of hydrogen-bond acceptors (Lipinski definition) is 4. The highest BCUT2D eigenvalue weighted by Gasteiger charge is 2.23. The molecule has 30 heavy (non-hydrogen) atoms. The third-order valence-electron chi connectivity index (χ3n) is 5.80. The molecule has 4 nitrogen and oxygen atoms in total. The van der Waals surface area contributed by atoms with Crippen LogP contribution in [-0.2, 0) is 19.1 Å². The number of esters is 2. The minimum Gasteiger partial charge on any atom is -0.466 e. The van der Waals surface area contributed by atoms with E-state index in [1.807, 2.05) is 27.7 Å². The smallest absolute Gasteiger partial charge is 0.306 e. The molecule has 0 radical (unpaired) electrons. The fourth-order valence-electron chi connectivity index (χ4n) is 3.19. The second kappa shape index (κ2) is 18.7. The van der Waals surface area contributed by atoms with Crippen molar-refractivity contribution >= 4 is 11.9 Å². The first-order valence-electron chi connectivity index (χ1n) is 12.6. The lowest BCUT2D eigenvalue weighted by Crippen LogP contribution is -2.28. The Morgan fingerprint density at radius 3 is 1.57 bits per heavy atom. The maximum Gasteiger partial charge on any atom is 0.306 e. The van der Waals surface area contributed by atoms with Crippen molar-refractivity contribution < 1.29 is 19.1 Å². The summed E-state index contributed by atoms with van der Waals surface area (Å²) >= 11 is 0. The molecule has 0 aliphatic heterocycles. The summed E-state index contributed by atoms with van der Waals surface area (Å²) in [6, 6.07) is 0. The van der Waals surface area contributed by atoms with E-state index < -0.39 is 0 Å². The molecule has 0 N–H and O–H groups in total. The molecule has 4 heteroatoms. The summed E-state index contributed by atoms with van der Waals surface area (Å²) in [5.74, 6) is -0.438. The number of unbranched alkanes of at least 4 members (excludes halogenated alkanes) is 12. The van der Waals surface area contributed by atoms with E-state index in [0.717, 1.165) is 12.8 Å². The molecule has 0 aliphatic rings. The highest BCUT2D eigenvalue weighted by atomic mass is 16.5. The summed E-state index contributed by atoms with van der Waals surface area (Å²) < 4.78 is 10.7. The van der Waals surface area contributed by atoms with E-state index in [0.29, 0.717) is 13.0 Å². The quantitative estimate of drug-likeness (QED) is 0.156. The second-order valence-corrected chi connectivity index (χ2v) is 9.81. The van der Waals surface area contributed by atoms with Crippen LogP contribution in [0.1, 0.15) is 137 Å². The predicted octanol–water partition coefficient (Wildman–Crippen LogP) is 7.77. The van der Waals surface area contributed by atoms with Crippen molar-refractivity contribution in [3.05, 3.63) is 0 Å². The fraction of sp³-hybridized carbons (Fsp3) is 0.923. The standard InChI is InChI=1S/C26H50O4/c1-6-7-8-9-10-11-12-13-14-15-16-17-18-22-29-24(27)20-19-21-25(28)30-23(2)26(3,4)5/h23H,6-22H2,1-5H3. The Morgan fingerprint density at radius 1 is 0.667 bits per heavy atom. The van der Waals surface area contributed by atoms with Crippen LogP contribution in [0.3, 0.4) is 0 Å². The van der Waals surface area contributed by atoms with Crippen LogP contribution in [0, 0.1) is 5.41 Å². The molecule has 0 aromatic rings. The van der Waals surface area contributed by atoms with Crippen molar-refractivity contribution in [2.24, 2.45) is 5.41 Å². The molecule has 0 aromatic carbocycles. The van der Waals surface area contributed by atoms with Gasteiger partial charge in [0.25, 0.3) is 0 Å². The lowest BCUT2D eigenvalue weighted by molar-refractivity contribution is -0.153. The van der Waals surface area contributed by atoms with Gasteiger partial charge in [0, 0.05) is 12.8 Å². The van der Waals surface area contributed by atoms with Gasteiger partial charge >= 0.3 is 11.9 Å². The molecule has 0 saturated carbocycles. The SMILES string of the molecule is CCCCCCCCCCCCCCCOC(=O)CCCC(=O)OC(C)C(C)(C)C. The summed E-state index contributed by atoms with van der Waals surface area (Å²) in [5.41, 5.74) is -0.0670. The van der Waals surface area contributed by atoms with Crippen molar-refractivity contribution in [1.29, 1.82) is 0 Å². The van der Waals surface area contributed by atoms with Crippen LogP contribution in [0.5, 0.6) is 0 Å². The largest absolute Gasteiger partial charge is 0.466 e. The fourth-order valence-corrected chi connectivity index (χ4v) is 3.19. The molecular weight excluding hydrogens is 376 g/mol. The second-order valence-electron chi connectivity index (χ2n) is 9.81. The lowest BCUT2D eigenvalue weighted by atomic mass is 9.90. The van der Waals surface area contributed by atoms with Crippen molar-refractivity contribution in [3.63, 3.8) is 0 Å². The first kappa shape index (κ1) is 28.9. The van der Waals surface area contributed by atoms with Gasteiger partial charge in [0.05, 0.1) is 6.61 Å². The first-order chi connectivity index (χ1) is 14.3. The van der Waals surface area contributed by atoms with Crippen molar-refractivity contribution in [2.45, 2.75) is 143 Å². The van der Waals surface area contributed by atoms with E-state index in [4.69, 9.17) is 9.47 Å². The molecular formula is C26H50O4. The van der Waals surface area contributed by atoms with E-state index in [1.165, 1.54) is 70.6 Å². The van der Waals surface area contributed by atoms with Gasteiger partial charge < -0.3 is 9.47 Å². The normalized spacial score (nSPS) is 12.6.